The molecule has 0 saturated heterocycles. The smallest absolute Gasteiger partial charge is 0.262 e. The first-order chi connectivity index (χ1) is 14.4. The van der Waals surface area contributed by atoms with Gasteiger partial charge in [-0.05, 0) is 61.4 Å². The molecule has 0 fully saturated rings. The molecule has 0 unspecified atom stereocenters. The van der Waals surface area contributed by atoms with Crippen molar-refractivity contribution in [1.29, 1.82) is 0 Å². The van der Waals surface area contributed by atoms with Crippen molar-refractivity contribution in [3.63, 3.8) is 0 Å². The molecular weight excluding hydrogens is 402 g/mol. The second-order valence-corrected chi connectivity index (χ2v) is 8.32. The second kappa shape index (κ2) is 7.96. The Labute approximate surface area is 174 Å². The van der Waals surface area contributed by atoms with Crippen LogP contribution < -0.4 is 9.46 Å². The molecule has 0 spiro atoms. The highest BCUT2D eigenvalue weighted by Crippen LogP contribution is 2.25. The quantitative estimate of drug-likeness (QED) is 0.507. The summed E-state index contributed by atoms with van der Waals surface area (Å²) in [5, 5.41) is 4.12. The number of nitrogens with zero attached hydrogens (tertiary/aromatic N) is 4. The molecule has 2 aromatic carbocycles. The Bertz CT molecular complexity index is 1270. The van der Waals surface area contributed by atoms with Crippen LogP contribution in [0, 0.1) is 13.8 Å². The van der Waals surface area contributed by atoms with Gasteiger partial charge < -0.3 is 4.74 Å². The first-order valence-corrected chi connectivity index (χ1v) is 10.6. The maximum atomic E-state index is 12.7. The molecule has 152 valence electrons. The lowest BCUT2D eigenvalue weighted by Crippen LogP contribution is -2.14. The van der Waals surface area contributed by atoms with Crippen LogP contribution in [0.15, 0.2) is 78.2 Å². The predicted molar refractivity (Wildman–Crippen MR) is 112 cm³/mol. The van der Waals surface area contributed by atoms with E-state index in [4.69, 9.17) is 4.74 Å². The van der Waals surface area contributed by atoms with Gasteiger partial charge in [-0.1, -0.05) is 12.1 Å². The number of sulfonamides is 1. The summed E-state index contributed by atoms with van der Waals surface area (Å²) in [6.45, 7) is 3.62. The number of ether oxygens (including phenoxy) is 1. The van der Waals surface area contributed by atoms with Crippen LogP contribution in [0.2, 0.25) is 0 Å². The van der Waals surface area contributed by atoms with E-state index in [-0.39, 0.29) is 4.90 Å². The molecule has 0 atom stereocenters. The summed E-state index contributed by atoms with van der Waals surface area (Å²) in [4.78, 5) is 8.51. The number of aryl methyl sites for hydroxylation is 2. The molecule has 2 heterocycles. The van der Waals surface area contributed by atoms with Crippen LogP contribution in [0.4, 0.5) is 5.69 Å². The van der Waals surface area contributed by atoms with E-state index in [0.29, 0.717) is 28.7 Å². The number of aromatic nitrogens is 4. The van der Waals surface area contributed by atoms with Crippen molar-refractivity contribution in [2.24, 2.45) is 0 Å². The SMILES string of the molecule is Cc1ccc(C)c(S(=O)(=O)Nc2ccc(Oc3cc(-n4cccn4)ncn3)cc2)c1. The van der Waals surface area contributed by atoms with E-state index in [1.54, 1.807) is 72.5 Å². The van der Waals surface area contributed by atoms with Crippen molar-refractivity contribution < 1.29 is 13.2 Å². The van der Waals surface area contributed by atoms with Gasteiger partial charge in [0.2, 0.25) is 5.88 Å². The first-order valence-electron chi connectivity index (χ1n) is 9.11. The summed E-state index contributed by atoms with van der Waals surface area (Å²) in [5.41, 5.74) is 2.00. The van der Waals surface area contributed by atoms with E-state index in [1.807, 2.05) is 13.0 Å². The molecule has 2 aromatic heterocycles. The van der Waals surface area contributed by atoms with E-state index in [1.165, 1.54) is 6.33 Å². The summed E-state index contributed by atoms with van der Waals surface area (Å²) in [6.07, 6.45) is 4.81. The molecule has 0 amide bonds. The zero-order valence-corrected chi connectivity index (χ0v) is 17.2. The summed E-state index contributed by atoms with van der Waals surface area (Å²) in [5.74, 6) is 1.43. The van der Waals surface area contributed by atoms with Crippen LogP contribution in [0.25, 0.3) is 5.82 Å². The van der Waals surface area contributed by atoms with Gasteiger partial charge in [0.15, 0.2) is 5.82 Å². The lowest BCUT2D eigenvalue weighted by molar-refractivity contribution is 0.460. The van der Waals surface area contributed by atoms with E-state index in [0.717, 1.165) is 5.56 Å². The average molecular weight is 421 g/mol. The zero-order valence-electron chi connectivity index (χ0n) is 16.4. The molecule has 8 nitrogen and oxygen atoms in total. The van der Waals surface area contributed by atoms with E-state index in [9.17, 15) is 8.42 Å². The standard InChI is InChI=1S/C21H19N5O3S/c1-15-4-5-16(2)19(12-15)30(27,28)25-17-6-8-18(9-7-17)29-21-13-20(22-14-23-21)26-11-3-10-24-26/h3-14,25H,1-2H3. The largest absolute Gasteiger partial charge is 0.439 e. The fraction of sp³-hybridized carbons (Fsp3) is 0.0952. The van der Waals surface area contributed by atoms with E-state index < -0.39 is 10.0 Å². The Hall–Kier alpha value is -3.72. The minimum absolute atomic E-state index is 0.259. The van der Waals surface area contributed by atoms with Gasteiger partial charge in [0.05, 0.1) is 4.90 Å². The highest BCUT2D eigenvalue weighted by atomic mass is 32.2. The van der Waals surface area contributed by atoms with Crippen LogP contribution >= 0.6 is 0 Å². The summed E-state index contributed by atoms with van der Waals surface area (Å²) in [7, 11) is -3.69. The maximum absolute atomic E-state index is 12.7. The third kappa shape index (κ3) is 4.31. The van der Waals surface area contributed by atoms with Crippen LogP contribution in [-0.4, -0.2) is 28.2 Å². The first kappa shape index (κ1) is 19.6. The Kier molecular flexibility index (Phi) is 5.20. The molecule has 0 saturated carbocycles. The van der Waals surface area contributed by atoms with Crippen molar-refractivity contribution in [2.75, 3.05) is 4.72 Å². The Morgan fingerprint density at radius 2 is 1.80 bits per heavy atom. The monoisotopic (exact) mass is 421 g/mol. The van der Waals surface area contributed by atoms with Gasteiger partial charge in [0, 0.05) is 24.1 Å². The minimum atomic E-state index is -3.69. The van der Waals surface area contributed by atoms with Crippen LogP contribution in [0.5, 0.6) is 11.6 Å². The van der Waals surface area contributed by atoms with Gasteiger partial charge in [-0.3, -0.25) is 4.72 Å². The minimum Gasteiger partial charge on any atom is -0.439 e. The molecule has 0 bridgehead atoms. The normalized spacial score (nSPS) is 11.3. The molecule has 9 heteroatoms. The third-order valence-electron chi connectivity index (χ3n) is 4.33. The Morgan fingerprint density at radius 1 is 1.00 bits per heavy atom. The van der Waals surface area contributed by atoms with Gasteiger partial charge in [0.1, 0.15) is 12.1 Å². The van der Waals surface area contributed by atoms with Crippen molar-refractivity contribution >= 4 is 15.7 Å². The number of anilines is 1. The van der Waals surface area contributed by atoms with Gasteiger partial charge in [-0.2, -0.15) is 5.10 Å². The van der Waals surface area contributed by atoms with Crippen molar-refractivity contribution in [2.45, 2.75) is 18.7 Å². The predicted octanol–water partition coefficient (Wildman–Crippen LogP) is 3.87. The lowest BCUT2D eigenvalue weighted by atomic mass is 10.2. The topological polar surface area (TPSA) is 99.0 Å². The highest BCUT2D eigenvalue weighted by molar-refractivity contribution is 7.92. The summed E-state index contributed by atoms with van der Waals surface area (Å²) < 4.78 is 35.4. The Balaban J connectivity index is 1.50. The van der Waals surface area contributed by atoms with Crippen molar-refractivity contribution in [1.82, 2.24) is 19.7 Å². The summed E-state index contributed by atoms with van der Waals surface area (Å²) in [6, 6.07) is 15.4. The van der Waals surface area contributed by atoms with Crippen LogP contribution in [0.3, 0.4) is 0 Å². The van der Waals surface area contributed by atoms with E-state index >= 15 is 0 Å². The third-order valence-corrected chi connectivity index (χ3v) is 5.85. The number of nitrogens with one attached hydrogen (secondary N) is 1. The number of hydrogen-bond donors (Lipinski definition) is 1. The molecule has 4 aromatic rings. The molecule has 0 aliphatic rings. The fourth-order valence-electron chi connectivity index (χ4n) is 2.83. The molecule has 0 radical (unpaired) electrons. The average Bonchev–Trinajstić information content (AvgIpc) is 3.26. The molecule has 4 rings (SSSR count). The molecule has 1 N–H and O–H groups in total. The number of benzene rings is 2. The summed E-state index contributed by atoms with van der Waals surface area (Å²) >= 11 is 0. The lowest BCUT2D eigenvalue weighted by Gasteiger charge is -2.12. The van der Waals surface area contributed by atoms with Crippen molar-refractivity contribution in [3.8, 4) is 17.4 Å². The van der Waals surface area contributed by atoms with E-state index in [2.05, 4.69) is 19.8 Å². The van der Waals surface area contributed by atoms with Gasteiger partial charge >= 0.3 is 0 Å². The number of hydrogen-bond acceptors (Lipinski definition) is 6. The van der Waals surface area contributed by atoms with Gasteiger partial charge in [-0.25, -0.2) is 23.1 Å². The molecule has 0 aliphatic heterocycles. The van der Waals surface area contributed by atoms with Crippen LogP contribution in [-0.2, 0) is 10.0 Å². The molecule has 0 aliphatic carbocycles. The number of rotatable bonds is 6. The second-order valence-electron chi connectivity index (χ2n) is 6.67. The maximum Gasteiger partial charge on any atom is 0.262 e. The fourth-order valence-corrected chi connectivity index (χ4v) is 4.22. The van der Waals surface area contributed by atoms with Crippen LogP contribution in [0.1, 0.15) is 11.1 Å². The Morgan fingerprint density at radius 3 is 2.53 bits per heavy atom. The molecule has 30 heavy (non-hydrogen) atoms. The zero-order chi connectivity index (χ0) is 21.1. The highest BCUT2D eigenvalue weighted by Gasteiger charge is 2.17. The molecular formula is C21H19N5O3S. The van der Waals surface area contributed by atoms with Gasteiger partial charge in [-0.15, -0.1) is 0 Å². The van der Waals surface area contributed by atoms with Crippen molar-refractivity contribution in [3.05, 3.63) is 84.4 Å². The van der Waals surface area contributed by atoms with Gasteiger partial charge in [0.25, 0.3) is 10.0 Å².